The Morgan fingerprint density at radius 2 is 1.69 bits per heavy atom. The van der Waals surface area contributed by atoms with Crippen molar-refractivity contribution in [1.82, 2.24) is 19.5 Å². The van der Waals surface area contributed by atoms with Gasteiger partial charge in [0.05, 0.1) is 0 Å². The number of nitrogens with zero attached hydrogens (tertiary/aromatic N) is 2. The van der Waals surface area contributed by atoms with E-state index in [-0.39, 0.29) is 19.6 Å². The second kappa shape index (κ2) is 10.7. The fraction of sp³-hybridized carbons (Fsp3) is 0.381. The highest BCUT2D eigenvalue weighted by Crippen LogP contribution is 2.27. The third-order valence-corrected chi connectivity index (χ3v) is 7.28. The van der Waals surface area contributed by atoms with E-state index in [4.69, 9.17) is 0 Å². The largest absolute Gasteiger partial charge is 0.348 e. The van der Waals surface area contributed by atoms with Gasteiger partial charge in [0.15, 0.2) is 23.3 Å². The molecule has 36 heavy (non-hydrogen) atoms. The second-order valence-electron chi connectivity index (χ2n) is 8.01. The molecule has 10 nitrogen and oxygen atoms in total. The summed E-state index contributed by atoms with van der Waals surface area (Å²) in [5.74, 6) is -9.37. The molecule has 0 aliphatic carbocycles. The number of piperidine rings is 1. The van der Waals surface area contributed by atoms with E-state index in [2.05, 4.69) is 10.6 Å². The molecular formula is C21H23F4N5O5S. The van der Waals surface area contributed by atoms with E-state index in [1.54, 1.807) is 6.92 Å². The van der Waals surface area contributed by atoms with Gasteiger partial charge < -0.3 is 20.5 Å². The van der Waals surface area contributed by atoms with Crippen molar-refractivity contribution in [2.45, 2.75) is 30.7 Å². The molecule has 1 saturated heterocycles. The summed E-state index contributed by atoms with van der Waals surface area (Å²) in [5.41, 5.74) is -1.26. The zero-order valence-electron chi connectivity index (χ0n) is 19.2. The fourth-order valence-corrected chi connectivity index (χ4v) is 5.37. The van der Waals surface area contributed by atoms with Crippen molar-refractivity contribution in [2.24, 2.45) is 7.05 Å². The molecule has 3 amide bonds. The molecule has 0 bridgehead atoms. The van der Waals surface area contributed by atoms with E-state index in [9.17, 15) is 36.0 Å². The molecule has 0 spiro atoms. The highest BCUT2D eigenvalue weighted by molar-refractivity contribution is 7.89. The first-order valence-corrected chi connectivity index (χ1v) is 12.2. The van der Waals surface area contributed by atoms with Crippen LogP contribution in [0.25, 0.3) is 0 Å². The van der Waals surface area contributed by atoms with Crippen molar-refractivity contribution in [3.63, 3.8) is 0 Å². The number of amides is 3. The third kappa shape index (κ3) is 5.51. The number of rotatable bonds is 6. The van der Waals surface area contributed by atoms with E-state index in [1.807, 2.05) is 5.32 Å². The topological polar surface area (TPSA) is 130 Å². The van der Waals surface area contributed by atoms with Crippen LogP contribution in [0.1, 0.15) is 30.3 Å². The van der Waals surface area contributed by atoms with Gasteiger partial charge in [0.1, 0.15) is 10.6 Å². The number of benzene rings is 1. The zero-order chi connectivity index (χ0) is 26.8. The molecule has 1 aliphatic rings. The smallest absolute Gasteiger partial charge is 0.309 e. The van der Waals surface area contributed by atoms with Gasteiger partial charge >= 0.3 is 11.8 Å². The predicted molar refractivity (Wildman–Crippen MR) is 118 cm³/mol. The lowest BCUT2D eigenvalue weighted by Gasteiger charge is -2.31. The van der Waals surface area contributed by atoms with Crippen LogP contribution in [0, 0.1) is 23.3 Å². The fourth-order valence-electron chi connectivity index (χ4n) is 3.74. The highest BCUT2D eigenvalue weighted by atomic mass is 32.2. The molecule has 1 atom stereocenters. The molecule has 0 unspecified atom stereocenters. The Morgan fingerprint density at radius 3 is 2.31 bits per heavy atom. The number of hydrogen-bond donors (Lipinski definition) is 3. The first-order valence-electron chi connectivity index (χ1n) is 10.8. The van der Waals surface area contributed by atoms with E-state index in [0.717, 1.165) is 15.1 Å². The van der Waals surface area contributed by atoms with Gasteiger partial charge in [-0.1, -0.05) is 0 Å². The summed E-state index contributed by atoms with van der Waals surface area (Å²) in [6.45, 7) is 1.61. The maximum atomic E-state index is 15.2. The minimum Gasteiger partial charge on any atom is -0.348 e. The summed E-state index contributed by atoms with van der Waals surface area (Å²) in [6.07, 6.45) is 1.55. The van der Waals surface area contributed by atoms with Crippen LogP contribution in [0.4, 0.5) is 23.2 Å². The number of carbonyl (C=O) groups excluding carboxylic acids is 3. The third-order valence-electron chi connectivity index (χ3n) is 5.43. The standard InChI is InChI=1S/C21H23F4N5O5S/c1-3-26-20(32)21(33)27-11-5-4-6-30(9-11)36(34,35)15-10-29(2)18(17(15)25)19(31)28-12-7-13(22)16(24)14(23)8-12/h7-8,10-11H,3-6,9H2,1-2H3,(H,26,32)(H,27,33)(H,28,31)/t11-/m1/s1. The number of halogens is 4. The lowest BCUT2D eigenvalue weighted by atomic mass is 10.1. The van der Waals surface area contributed by atoms with Crippen molar-refractivity contribution >= 4 is 33.4 Å². The van der Waals surface area contributed by atoms with Crippen LogP contribution >= 0.6 is 0 Å². The molecule has 3 N–H and O–H groups in total. The highest BCUT2D eigenvalue weighted by Gasteiger charge is 2.36. The Hall–Kier alpha value is -3.46. The first kappa shape index (κ1) is 27.1. The lowest BCUT2D eigenvalue weighted by Crippen LogP contribution is -2.52. The van der Waals surface area contributed by atoms with Gasteiger partial charge in [0.25, 0.3) is 5.91 Å². The van der Waals surface area contributed by atoms with Crippen LogP contribution in [0.5, 0.6) is 0 Å². The maximum absolute atomic E-state index is 15.2. The summed E-state index contributed by atoms with van der Waals surface area (Å²) >= 11 is 0. The van der Waals surface area contributed by atoms with Gasteiger partial charge in [-0.2, -0.15) is 4.31 Å². The molecule has 15 heteroatoms. The summed E-state index contributed by atoms with van der Waals surface area (Å²) in [5, 5.41) is 6.76. The molecule has 1 aromatic heterocycles. The van der Waals surface area contributed by atoms with Gasteiger partial charge in [0, 0.05) is 56.7 Å². The molecule has 2 aromatic rings. The Bertz CT molecular complexity index is 1290. The van der Waals surface area contributed by atoms with E-state index >= 15 is 4.39 Å². The number of nitrogens with one attached hydrogen (secondary N) is 3. The number of likely N-dealkylation sites (N-methyl/N-ethyl adjacent to an activating group) is 1. The lowest BCUT2D eigenvalue weighted by molar-refractivity contribution is -0.139. The summed E-state index contributed by atoms with van der Waals surface area (Å²) in [6, 6.07) is 0.261. The first-order chi connectivity index (χ1) is 16.9. The number of carbonyl (C=O) groups is 3. The molecule has 1 aliphatic heterocycles. The molecule has 2 heterocycles. The van der Waals surface area contributed by atoms with Crippen LogP contribution in [0.3, 0.4) is 0 Å². The number of aryl methyl sites for hydroxylation is 1. The molecule has 3 rings (SSSR count). The summed E-state index contributed by atoms with van der Waals surface area (Å²) in [7, 11) is -3.29. The van der Waals surface area contributed by atoms with Crippen molar-refractivity contribution in [1.29, 1.82) is 0 Å². The Balaban J connectivity index is 1.81. The predicted octanol–water partition coefficient (Wildman–Crippen LogP) is 1.24. The zero-order valence-corrected chi connectivity index (χ0v) is 20.0. The molecule has 196 valence electrons. The van der Waals surface area contributed by atoms with Crippen LogP contribution in [0.15, 0.2) is 23.2 Å². The quantitative estimate of drug-likeness (QED) is 0.292. The van der Waals surface area contributed by atoms with E-state index < -0.39 is 73.3 Å². The normalized spacial score (nSPS) is 16.4. The summed E-state index contributed by atoms with van der Waals surface area (Å²) < 4.78 is 83.3. The molecule has 1 fully saturated rings. The Labute approximate surface area is 203 Å². The van der Waals surface area contributed by atoms with Crippen LogP contribution in [-0.4, -0.2) is 60.7 Å². The number of anilines is 1. The second-order valence-corrected chi connectivity index (χ2v) is 9.92. The van der Waals surface area contributed by atoms with Crippen molar-refractivity contribution in [2.75, 3.05) is 25.0 Å². The average molecular weight is 534 g/mol. The minimum absolute atomic E-state index is 0.000141. The van der Waals surface area contributed by atoms with Crippen LogP contribution in [0.2, 0.25) is 0 Å². The number of sulfonamides is 1. The van der Waals surface area contributed by atoms with E-state index in [1.165, 1.54) is 7.05 Å². The summed E-state index contributed by atoms with van der Waals surface area (Å²) in [4.78, 5) is 35.3. The molecular weight excluding hydrogens is 510 g/mol. The van der Waals surface area contributed by atoms with Gasteiger partial charge in [-0.05, 0) is 19.8 Å². The van der Waals surface area contributed by atoms with Crippen LogP contribution < -0.4 is 16.0 Å². The monoisotopic (exact) mass is 533 g/mol. The Kier molecular flexibility index (Phi) is 8.03. The van der Waals surface area contributed by atoms with E-state index in [0.29, 0.717) is 25.0 Å². The van der Waals surface area contributed by atoms with Gasteiger partial charge in [0.2, 0.25) is 10.0 Å². The van der Waals surface area contributed by atoms with Crippen molar-refractivity contribution < 1.29 is 40.4 Å². The Morgan fingerprint density at radius 1 is 1.06 bits per heavy atom. The maximum Gasteiger partial charge on any atom is 0.309 e. The van der Waals surface area contributed by atoms with Crippen molar-refractivity contribution in [3.8, 4) is 0 Å². The van der Waals surface area contributed by atoms with Gasteiger partial charge in [-0.3, -0.25) is 14.4 Å². The molecule has 0 saturated carbocycles. The number of aromatic nitrogens is 1. The molecule has 0 radical (unpaired) electrons. The average Bonchev–Trinajstić information content (AvgIpc) is 3.12. The molecule has 1 aromatic carbocycles. The van der Waals surface area contributed by atoms with Crippen molar-refractivity contribution in [3.05, 3.63) is 47.3 Å². The minimum atomic E-state index is -4.48. The SMILES string of the molecule is CCNC(=O)C(=O)N[C@@H]1CCCN(S(=O)(=O)c2cn(C)c(C(=O)Nc3cc(F)c(F)c(F)c3)c2F)C1. The van der Waals surface area contributed by atoms with Gasteiger partial charge in [-0.25, -0.2) is 26.0 Å². The van der Waals surface area contributed by atoms with Crippen LogP contribution in [-0.2, 0) is 26.7 Å². The number of hydrogen-bond acceptors (Lipinski definition) is 5. The van der Waals surface area contributed by atoms with Gasteiger partial charge in [-0.15, -0.1) is 0 Å².